The van der Waals surface area contributed by atoms with Crippen LogP contribution in [0.15, 0.2) is 30.6 Å². The van der Waals surface area contributed by atoms with Gasteiger partial charge < -0.3 is 4.90 Å². The molecule has 0 radical (unpaired) electrons. The number of hydrogen-bond donors (Lipinski definition) is 0. The maximum Gasteiger partial charge on any atom is 0.156 e. The van der Waals surface area contributed by atoms with E-state index in [1.807, 2.05) is 43.0 Å². The van der Waals surface area contributed by atoms with Gasteiger partial charge in [-0.2, -0.15) is 0 Å². The second-order valence-electron chi connectivity index (χ2n) is 4.10. The first kappa shape index (κ1) is 13.5. The Morgan fingerprint density at radius 1 is 1.37 bits per heavy atom. The molecule has 5 heteroatoms. The fraction of sp³-hybridized carbons (Fsp3) is 0.214. The number of nitrogens with zero attached hydrogens (tertiary/aromatic N) is 3. The minimum Gasteiger partial charge on any atom is -0.326 e. The van der Waals surface area contributed by atoms with Crippen molar-refractivity contribution in [2.75, 3.05) is 11.4 Å². The first-order valence-corrected chi connectivity index (χ1v) is 6.35. The van der Waals surface area contributed by atoms with Gasteiger partial charge in [0.1, 0.15) is 17.3 Å². The van der Waals surface area contributed by atoms with Crippen molar-refractivity contribution in [1.82, 2.24) is 9.97 Å². The molecule has 1 aromatic heterocycles. The van der Waals surface area contributed by atoms with Gasteiger partial charge in [0, 0.05) is 12.2 Å². The molecule has 1 heterocycles. The summed E-state index contributed by atoms with van der Waals surface area (Å²) in [6.45, 7) is 4.69. The Labute approximate surface area is 117 Å². The average Bonchev–Trinajstić information content (AvgIpc) is 2.40. The van der Waals surface area contributed by atoms with Crippen molar-refractivity contribution in [3.05, 3.63) is 46.9 Å². The number of carbonyl (C=O) groups excluding carboxylic acids is 1. The number of halogens is 1. The van der Waals surface area contributed by atoms with E-state index in [0.29, 0.717) is 24.2 Å². The Hall–Kier alpha value is -1.94. The highest BCUT2D eigenvalue weighted by molar-refractivity contribution is 6.32. The van der Waals surface area contributed by atoms with Gasteiger partial charge in [0.25, 0.3) is 0 Å². The van der Waals surface area contributed by atoms with E-state index in [1.165, 1.54) is 6.33 Å². The standard InChI is InChI=1S/C14H14ClN3O/c1-3-18(11-6-4-5-10(2)7-11)14-12(8-19)13(15)16-9-17-14/h4-9H,3H2,1-2H3. The van der Waals surface area contributed by atoms with Gasteiger partial charge in [-0.15, -0.1) is 0 Å². The summed E-state index contributed by atoms with van der Waals surface area (Å²) in [6.07, 6.45) is 2.05. The highest BCUT2D eigenvalue weighted by atomic mass is 35.5. The highest BCUT2D eigenvalue weighted by Gasteiger charge is 2.16. The predicted molar refractivity (Wildman–Crippen MR) is 76.3 cm³/mol. The van der Waals surface area contributed by atoms with E-state index in [1.54, 1.807) is 0 Å². The summed E-state index contributed by atoms with van der Waals surface area (Å²) in [6, 6.07) is 8.00. The van der Waals surface area contributed by atoms with Crippen LogP contribution in [0.1, 0.15) is 22.8 Å². The topological polar surface area (TPSA) is 46.1 Å². The molecular formula is C14H14ClN3O. The fourth-order valence-electron chi connectivity index (χ4n) is 1.93. The third kappa shape index (κ3) is 2.74. The molecule has 19 heavy (non-hydrogen) atoms. The van der Waals surface area contributed by atoms with E-state index in [-0.39, 0.29) is 5.15 Å². The molecule has 4 nitrogen and oxygen atoms in total. The molecule has 98 valence electrons. The summed E-state index contributed by atoms with van der Waals surface area (Å²) in [5, 5.41) is 0.172. The second-order valence-corrected chi connectivity index (χ2v) is 4.46. The van der Waals surface area contributed by atoms with Gasteiger partial charge in [-0.25, -0.2) is 9.97 Å². The zero-order valence-corrected chi connectivity index (χ0v) is 11.6. The van der Waals surface area contributed by atoms with Crippen LogP contribution in [-0.4, -0.2) is 22.8 Å². The Kier molecular flexibility index (Phi) is 4.12. The summed E-state index contributed by atoms with van der Waals surface area (Å²) in [7, 11) is 0. The molecule has 0 saturated carbocycles. The van der Waals surface area contributed by atoms with Crippen molar-refractivity contribution in [2.45, 2.75) is 13.8 Å². The van der Waals surface area contributed by atoms with Crippen LogP contribution in [0.3, 0.4) is 0 Å². The van der Waals surface area contributed by atoms with Crippen LogP contribution in [0.25, 0.3) is 0 Å². The quantitative estimate of drug-likeness (QED) is 0.634. The molecule has 0 aliphatic heterocycles. The summed E-state index contributed by atoms with van der Waals surface area (Å²) >= 11 is 5.94. The van der Waals surface area contributed by atoms with Crippen molar-refractivity contribution in [3.63, 3.8) is 0 Å². The number of aromatic nitrogens is 2. The lowest BCUT2D eigenvalue weighted by Crippen LogP contribution is -2.19. The van der Waals surface area contributed by atoms with Crippen molar-refractivity contribution in [2.24, 2.45) is 0 Å². The molecular weight excluding hydrogens is 262 g/mol. The molecule has 0 N–H and O–H groups in total. The van der Waals surface area contributed by atoms with E-state index in [4.69, 9.17) is 11.6 Å². The Morgan fingerprint density at radius 3 is 2.79 bits per heavy atom. The number of hydrogen-bond acceptors (Lipinski definition) is 4. The van der Waals surface area contributed by atoms with Crippen LogP contribution in [0.2, 0.25) is 5.15 Å². The molecule has 1 aromatic carbocycles. The largest absolute Gasteiger partial charge is 0.326 e. The lowest BCUT2D eigenvalue weighted by atomic mass is 10.2. The number of aryl methyl sites for hydroxylation is 1. The molecule has 0 aliphatic rings. The van der Waals surface area contributed by atoms with E-state index in [2.05, 4.69) is 9.97 Å². The van der Waals surface area contributed by atoms with Crippen molar-refractivity contribution in [1.29, 1.82) is 0 Å². The number of rotatable bonds is 4. The van der Waals surface area contributed by atoms with E-state index in [0.717, 1.165) is 11.3 Å². The van der Waals surface area contributed by atoms with Crippen molar-refractivity contribution >= 4 is 29.4 Å². The fourth-order valence-corrected chi connectivity index (χ4v) is 2.11. The van der Waals surface area contributed by atoms with Gasteiger partial charge in [-0.3, -0.25) is 4.79 Å². The minimum absolute atomic E-state index is 0.172. The van der Waals surface area contributed by atoms with Gasteiger partial charge in [0.05, 0.1) is 5.56 Å². The van der Waals surface area contributed by atoms with Crippen molar-refractivity contribution < 1.29 is 4.79 Å². The van der Waals surface area contributed by atoms with Gasteiger partial charge in [-0.05, 0) is 31.5 Å². The molecule has 2 rings (SSSR count). The maximum atomic E-state index is 11.2. The maximum absolute atomic E-state index is 11.2. The second kappa shape index (κ2) is 5.80. The van der Waals surface area contributed by atoms with E-state index < -0.39 is 0 Å². The highest BCUT2D eigenvalue weighted by Crippen LogP contribution is 2.28. The normalized spacial score (nSPS) is 10.3. The number of carbonyl (C=O) groups is 1. The molecule has 0 bridgehead atoms. The lowest BCUT2D eigenvalue weighted by molar-refractivity contribution is 0.112. The van der Waals surface area contributed by atoms with Gasteiger partial charge in [-0.1, -0.05) is 23.7 Å². The Morgan fingerprint density at radius 2 is 2.16 bits per heavy atom. The third-order valence-corrected chi connectivity index (χ3v) is 3.12. The first-order valence-electron chi connectivity index (χ1n) is 5.97. The molecule has 0 atom stereocenters. The number of benzene rings is 1. The molecule has 0 saturated heterocycles. The molecule has 2 aromatic rings. The Balaban J connectivity index is 2.54. The molecule has 0 fully saturated rings. The first-order chi connectivity index (χ1) is 9.17. The van der Waals surface area contributed by atoms with Gasteiger partial charge >= 0.3 is 0 Å². The Bertz CT molecular complexity index is 601. The average molecular weight is 276 g/mol. The zero-order valence-electron chi connectivity index (χ0n) is 10.8. The van der Waals surface area contributed by atoms with Crippen molar-refractivity contribution in [3.8, 4) is 0 Å². The predicted octanol–water partition coefficient (Wildman–Crippen LogP) is 3.41. The summed E-state index contributed by atoms with van der Waals surface area (Å²) in [5.41, 5.74) is 2.43. The SMILES string of the molecule is CCN(c1cccc(C)c1)c1ncnc(Cl)c1C=O. The molecule has 0 aliphatic carbocycles. The summed E-state index contributed by atoms with van der Waals surface area (Å²) in [5.74, 6) is 0.531. The molecule has 0 amide bonds. The van der Waals surface area contributed by atoms with Crippen LogP contribution in [0.4, 0.5) is 11.5 Å². The monoisotopic (exact) mass is 275 g/mol. The number of aldehydes is 1. The van der Waals surface area contributed by atoms with Crippen LogP contribution < -0.4 is 4.90 Å². The zero-order chi connectivity index (χ0) is 13.8. The van der Waals surface area contributed by atoms with E-state index >= 15 is 0 Å². The molecule has 0 spiro atoms. The smallest absolute Gasteiger partial charge is 0.156 e. The van der Waals surface area contributed by atoms with Crippen LogP contribution in [0.5, 0.6) is 0 Å². The van der Waals surface area contributed by atoms with Gasteiger partial charge in [0.2, 0.25) is 0 Å². The summed E-state index contributed by atoms with van der Waals surface area (Å²) in [4.78, 5) is 21.1. The van der Waals surface area contributed by atoms with E-state index in [9.17, 15) is 4.79 Å². The third-order valence-electron chi connectivity index (χ3n) is 2.82. The minimum atomic E-state index is 0.172. The van der Waals surface area contributed by atoms with Crippen LogP contribution >= 0.6 is 11.6 Å². The van der Waals surface area contributed by atoms with Crippen LogP contribution in [0, 0.1) is 6.92 Å². The van der Waals surface area contributed by atoms with Gasteiger partial charge in [0.15, 0.2) is 6.29 Å². The molecule has 0 unspecified atom stereocenters. The lowest BCUT2D eigenvalue weighted by Gasteiger charge is -2.23. The summed E-state index contributed by atoms with van der Waals surface area (Å²) < 4.78 is 0. The van der Waals surface area contributed by atoms with Crippen LogP contribution in [-0.2, 0) is 0 Å². The number of anilines is 2.